The Hall–Kier alpha value is -3.86. The highest BCUT2D eigenvalue weighted by Crippen LogP contribution is 2.43. The van der Waals surface area contributed by atoms with Crippen LogP contribution >= 0.6 is 0 Å². The lowest BCUT2D eigenvalue weighted by molar-refractivity contribution is 0.158. The molecule has 5 nitrogen and oxygen atoms in total. The molecule has 2 aliphatic rings. The molecule has 2 heterocycles. The molecule has 5 rings (SSSR count). The maximum atomic E-state index is 10.7. The lowest BCUT2D eigenvalue weighted by atomic mass is 9.95. The molecule has 0 atom stereocenters. The van der Waals surface area contributed by atoms with Crippen molar-refractivity contribution in [2.75, 3.05) is 6.61 Å². The van der Waals surface area contributed by atoms with Crippen LogP contribution in [0.2, 0.25) is 0 Å². The van der Waals surface area contributed by atoms with Crippen LogP contribution in [0.15, 0.2) is 65.9 Å². The van der Waals surface area contributed by atoms with Crippen molar-refractivity contribution < 1.29 is 14.2 Å². The van der Waals surface area contributed by atoms with E-state index in [1.165, 1.54) is 5.56 Å². The predicted molar refractivity (Wildman–Crippen MR) is 136 cm³/mol. The van der Waals surface area contributed by atoms with Crippen molar-refractivity contribution >= 4 is 23.4 Å². The van der Waals surface area contributed by atoms with Gasteiger partial charge in [-0.15, -0.1) is 4.91 Å². The summed E-state index contributed by atoms with van der Waals surface area (Å²) in [6.45, 7) is 7.06. The largest absolute Gasteiger partial charge is 0.488 e. The van der Waals surface area contributed by atoms with Crippen molar-refractivity contribution in [2.24, 2.45) is 5.18 Å². The minimum Gasteiger partial charge on any atom is -0.488 e. The summed E-state index contributed by atoms with van der Waals surface area (Å²) in [6, 6.07) is 17.5. The molecule has 0 amide bonds. The zero-order chi connectivity index (χ0) is 23.7. The van der Waals surface area contributed by atoms with E-state index < -0.39 is 0 Å². The molecule has 0 radical (unpaired) electrons. The van der Waals surface area contributed by atoms with E-state index in [0.717, 1.165) is 51.5 Å². The molecule has 0 N–H and O–H groups in total. The number of hydrogen-bond acceptors (Lipinski definition) is 5. The van der Waals surface area contributed by atoms with Crippen molar-refractivity contribution in [2.45, 2.75) is 39.4 Å². The summed E-state index contributed by atoms with van der Waals surface area (Å²) in [5.41, 5.74) is 6.34. The van der Waals surface area contributed by atoms with Crippen molar-refractivity contribution in [1.82, 2.24) is 0 Å². The van der Waals surface area contributed by atoms with Gasteiger partial charge in [0.1, 0.15) is 41.8 Å². The van der Waals surface area contributed by atoms with E-state index in [1.54, 1.807) is 12.1 Å². The predicted octanol–water partition coefficient (Wildman–Crippen LogP) is 7.34. The topological polar surface area (TPSA) is 57.1 Å². The average molecular weight is 454 g/mol. The average Bonchev–Trinajstić information content (AvgIpc) is 2.86. The van der Waals surface area contributed by atoms with Gasteiger partial charge in [-0.25, -0.2) is 0 Å². The van der Waals surface area contributed by atoms with Crippen molar-refractivity contribution in [1.29, 1.82) is 0 Å². The maximum absolute atomic E-state index is 10.7. The fraction of sp³-hybridized carbons (Fsp3) is 0.241. The quantitative estimate of drug-likeness (QED) is 0.366. The zero-order valence-electron chi connectivity index (χ0n) is 19.6. The Bertz CT molecular complexity index is 1300. The summed E-state index contributed by atoms with van der Waals surface area (Å²) in [5.74, 6) is 2.51. The molecular weight excluding hydrogens is 426 g/mol. The van der Waals surface area contributed by atoms with Gasteiger partial charge < -0.3 is 14.2 Å². The number of nitrogens with zero attached hydrogens (tertiary/aromatic N) is 1. The summed E-state index contributed by atoms with van der Waals surface area (Å²) >= 11 is 0. The van der Waals surface area contributed by atoms with E-state index in [-0.39, 0.29) is 5.60 Å². The first kappa shape index (κ1) is 22.0. The maximum Gasteiger partial charge on any atom is 0.137 e. The number of ether oxygens (including phenoxy) is 3. The van der Waals surface area contributed by atoms with Crippen molar-refractivity contribution in [3.8, 4) is 17.2 Å². The smallest absolute Gasteiger partial charge is 0.137 e. The van der Waals surface area contributed by atoms with Crippen molar-refractivity contribution in [3.63, 3.8) is 0 Å². The van der Waals surface area contributed by atoms with Gasteiger partial charge in [-0.2, -0.15) is 0 Å². The number of benzene rings is 3. The molecule has 3 aromatic carbocycles. The number of rotatable bonds is 6. The third kappa shape index (κ3) is 4.34. The van der Waals surface area contributed by atoms with Crippen LogP contribution in [0, 0.1) is 4.91 Å². The molecule has 34 heavy (non-hydrogen) atoms. The summed E-state index contributed by atoms with van der Waals surface area (Å²) in [4.78, 5) is 10.7. The van der Waals surface area contributed by atoms with E-state index in [4.69, 9.17) is 14.2 Å². The Morgan fingerprint density at radius 2 is 1.82 bits per heavy atom. The first-order valence-corrected chi connectivity index (χ1v) is 11.5. The molecular formula is C29H27NO4. The second kappa shape index (κ2) is 8.82. The Morgan fingerprint density at radius 1 is 1.03 bits per heavy atom. The summed E-state index contributed by atoms with van der Waals surface area (Å²) in [6.07, 6.45) is 7.24. The highest BCUT2D eigenvalue weighted by Gasteiger charge is 2.27. The molecule has 0 saturated carbocycles. The first-order chi connectivity index (χ1) is 16.5. The van der Waals surface area contributed by atoms with Crippen LogP contribution in [0.1, 0.15) is 48.6 Å². The van der Waals surface area contributed by atoms with E-state index >= 15 is 0 Å². The molecule has 0 spiro atoms. The van der Waals surface area contributed by atoms with Crippen LogP contribution in [0.4, 0.5) is 5.69 Å². The molecule has 5 heteroatoms. The number of nitroso groups, excluding NO2 is 1. The lowest BCUT2D eigenvalue weighted by Gasteiger charge is -2.30. The standard InChI is InChI=1S/C29H27NO4/c1-4-19-7-11-24(27(15-19)32-17-20-5-9-23(30-31)10-6-20)22-16-21-8-12-26-25(28(21)33-18-22)13-14-29(2,3)34-26/h5-16H,4,17-18H2,1-3H3. The van der Waals surface area contributed by atoms with Crippen LogP contribution in [0.3, 0.4) is 0 Å². The number of fused-ring (bicyclic) bond motifs is 3. The molecule has 0 fully saturated rings. The molecule has 0 bridgehead atoms. The Balaban J connectivity index is 1.46. The SMILES string of the molecule is CCc1ccc(C2=Cc3ccc4c(c3OC2)C=CC(C)(C)O4)c(OCc2ccc(N=O)cc2)c1. The van der Waals surface area contributed by atoms with Crippen LogP contribution < -0.4 is 14.2 Å². The second-order valence-corrected chi connectivity index (χ2v) is 9.12. The molecule has 0 unspecified atom stereocenters. The van der Waals surface area contributed by atoms with E-state index in [2.05, 4.69) is 48.5 Å². The summed E-state index contributed by atoms with van der Waals surface area (Å²) in [5, 5.41) is 2.96. The lowest BCUT2D eigenvalue weighted by Crippen LogP contribution is -2.27. The third-order valence-corrected chi connectivity index (χ3v) is 6.15. The van der Waals surface area contributed by atoms with E-state index in [1.807, 2.05) is 38.1 Å². The Morgan fingerprint density at radius 3 is 2.59 bits per heavy atom. The minimum atomic E-state index is -0.325. The fourth-order valence-electron chi connectivity index (χ4n) is 4.24. The number of aryl methyl sites for hydroxylation is 1. The molecule has 0 aliphatic carbocycles. The summed E-state index contributed by atoms with van der Waals surface area (Å²) in [7, 11) is 0. The zero-order valence-corrected chi connectivity index (χ0v) is 19.6. The van der Waals surface area contributed by atoms with Gasteiger partial charge >= 0.3 is 0 Å². The minimum absolute atomic E-state index is 0.325. The van der Waals surface area contributed by atoms with Crippen LogP contribution in [0.5, 0.6) is 17.2 Å². The van der Waals surface area contributed by atoms with Crippen LogP contribution in [0.25, 0.3) is 17.7 Å². The first-order valence-electron chi connectivity index (χ1n) is 11.5. The fourth-order valence-corrected chi connectivity index (χ4v) is 4.24. The Labute approximate surface area is 199 Å². The third-order valence-electron chi connectivity index (χ3n) is 6.15. The van der Waals surface area contributed by atoms with Gasteiger partial charge in [-0.3, -0.25) is 0 Å². The molecule has 3 aromatic rings. The molecule has 172 valence electrons. The van der Waals surface area contributed by atoms with E-state index in [9.17, 15) is 4.91 Å². The molecule has 2 aliphatic heterocycles. The van der Waals surface area contributed by atoms with Gasteiger partial charge in [0.15, 0.2) is 0 Å². The van der Waals surface area contributed by atoms with Gasteiger partial charge in [0.2, 0.25) is 0 Å². The molecule has 0 aromatic heterocycles. The van der Waals surface area contributed by atoms with Gasteiger partial charge in [-0.1, -0.05) is 31.2 Å². The van der Waals surface area contributed by atoms with Crippen LogP contribution in [-0.2, 0) is 13.0 Å². The summed E-state index contributed by atoms with van der Waals surface area (Å²) < 4.78 is 18.6. The van der Waals surface area contributed by atoms with Gasteiger partial charge in [0.25, 0.3) is 0 Å². The Kier molecular flexibility index (Phi) is 5.70. The van der Waals surface area contributed by atoms with Crippen LogP contribution in [-0.4, -0.2) is 12.2 Å². The van der Waals surface area contributed by atoms with Gasteiger partial charge in [-0.05, 0) is 85.1 Å². The highest BCUT2D eigenvalue weighted by molar-refractivity contribution is 5.89. The second-order valence-electron chi connectivity index (χ2n) is 9.12. The van der Waals surface area contributed by atoms with Crippen molar-refractivity contribution in [3.05, 3.63) is 93.4 Å². The normalized spacial score (nSPS) is 15.3. The molecule has 0 saturated heterocycles. The highest BCUT2D eigenvalue weighted by atomic mass is 16.5. The van der Waals surface area contributed by atoms with Gasteiger partial charge in [0.05, 0.1) is 5.56 Å². The van der Waals surface area contributed by atoms with E-state index in [0.29, 0.717) is 18.9 Å². The van der Waals surface area contributed by atoms with Gasteiger partial charge in [0, 0.05) is 16.7 Å². The number of hydrogen-bond donors (Lipinski definition) is 0. The monoisotopic (exact) mass is 453 g/mol.